The Morgan fingerprint density at radius 3 is 2.44 bits per heavy atom. The molecule has 164 valence electrons. The van der Waals surface area contributed by atoms with E-state index in [9.17, 15) is 10.4 Å². The molecule has 32 heavy (non-hydrogen) atoms. The molecule has 6 rings (SSSR count). The predicted octanol–water partition coefficient (Wildman–Crippen LogP) is 3.00. The topological polar surface area (TPSA) is 104 Å². The maximum absolute atomic E-state index is 10.8. The zero-order valence-corrected chi connectivity index (χ0v) is 18.7. The maximum atomic E-state index is 10.8. The molecule has 2 saturated carbocycles. The van der Waals surface area contributed by atoms with E-state index in [-0.39, 0.29) is 17.3 Å². The monoisotopic (exact) mass is 429 g/mol. The van der Waals surface area contributed by atoms with Gasteiger partial charge in [-0.05, 0) is 37.7 Å². The van der Waals surface area contributed by atoms with Crippen LogP contribution in [-0.2, 0) is 5.41 Å². The lowest BCUT2D eigenvalue weighted by Gasteiger charge is -2.46. The van der Waals surface area contributed by atoms with Gasteiger partial charge in [0.05, 0.1) is 29.1 Å². The minimum Gasteiger partial charge on any atom is -0.389 e. The number of aliphatic hydroxyl groups is 1. The number of nitriles is 1. The molecule has 8 heteroatoms. The average molecular weight is 430 g/mol. The molecule has 3 aromatic heterocycles. The van der Waals surface area contributed by atoms with Gasteiger partial charge < -0.3 is 10.0 Å². The lowest BCUT2D eigenvalue weighted by atomic mass is 9.76. The number of anilines is 1. The van der Waals surface area contributed by atoms with Crippen molar-refractivity contribution in [1.82, 2.24) is 24.7 Å². The van der Waals surface area contributed by atoms with Crippen LogP contribution in [0.15, 0.2) is 30.9 Å². The van der Waals surface area contributed by atoms with E-state index in [0.717, 1.165) is 54.8 Å². The van der Waals surface area contributed by atoms with Crippen LogP contribution in [0.1, 0.15) is 45.7 Å². The minimum atomic E-state index is -0.688. The van der Waals surface area contributed by atoms with Gasteiger partial charge in [0.25, 0.3) is 0 Å². The Morgan fingerprint density at radius 1 is 1.06 bits per heavy atom. The summed E-state index contributed by atoms with van der Waals surface area (Å²) in [5, 5.41) is 26.1. The van der Waals surface area contributed by atoms with Crippen LogP contribution < -0.4 is 4.90 Å². The van der Waals surface area contributed by atoms with Gasteiger partial charge in [-0.2, -0.15) is 10.4 Å². The lowest BCUT2D eigenvalue weighted by molar-refractivity contribution is -0.0504. The molecular weight excluding hydrogens is 402 g/mol. The Bertz CT molecular complexity index is 1260. The molecule has 3 fully saturated rings. The zero-order valence-electron chi connectivity index (χ0n) is 18.7. The molecule has 4 atom stereocenters. The number of pyridine rings is 1. The van der Waals surface area contributed by atoms with Crippen molar-refractivity contribution in [3.63, 3.8) is 0 Å². The highest BCUT2D eigenvalue weighted by molar-refractivity contribution is 5.80. The van der Waals surface area contributed by atoms with Crippen LogP contribution in [0.3, 0.4) is 0 Å². The van der Waals surface area contributed by atoms with Crippen LogP contribution in [-0.4, -0.2) is 48.5 Å². The van der Waals surface area contributed by atoms with Crippen LogP contribution in [0.4, 0.5) is 5.82 Å². The molecule has 0 radical (unpaired) electrons. The van der Waals surface area contributed by atoms with E-state index in [2.05, 4.69) is 44.9 Å². The number of fused-ring (bicyclic) bond motifs is 1. The summed E-state index contributed by atoms with van der Waals surface area (Å²) < 4.78 is 1.81. The first-order valence-electron chi connectivity index (χ1n) is 11.3. The van der Waals surface area contributed by atoms with E-state index in [0.29, 0.717) is 5.82 Å². The highest BCUT2D eigenvalue weighted by Gasteiger charge is 2.76. The smallest absolute Gasteiger partial charge is 0.159 e. The summed E-state index contributed by atoms with van der Waals surface area (Å²) in [6.07, 6.45) is 8.33. The fraction of sp³-hybridized carbons (Fsp3) is 0.542. The molecule has 1 N–H and O–H groups in total. The summed E-state index contributed by atoms with van der Waals surface area (Å²) in [6.45, 7) is 7.54. The van der Waals surface area contributed by atoms with Crippen molar-refractivity contribution in [1.29, 1.82) is 5.26 Å². The van der Waals surface area contributed by atoms with Gasteiger partial charge in [0.1, 0.15) is 17.6 Å². The first-order valence-corrected chi connectivity index (χ1v) is 11.3. The standard InChI is InChI=1S/C24H27N7O/c1-15-10-30(11-16(2)22(15,3)32)20-7-21(28-14-27-20)31-18-6-19(26-8-17(18)9-29-31)24(13-25)12-23(24)4-5-23/h6-9,14-16,32H,4-5,10-12H2,1-3H3/t15-,16+,22?,24-/m0/s1. The molecule has 1 aliphatic heterocycles. The van der Waals surface area contributed by atoms with Gasteiger partial charge in [0, 0.05) is 42.6 Å². The molecule has 0 amide bonds. The van der Waals surface area contributed by atoms with E-state index in [1.165, 1.54) is 0 Å². The van der Waals surface area contributed by atoms with Gasteiger partial charge in [-0.3, -0.25) is 4.98 Å². The highest BCUT2D eigenvalue weighted by Crippen LogP contribution is 2.78. The van der Waals surface area contributed by atoms with Crippen molar-refractivity contribution in [2.24, 2.45) is 17.3 Å². The third-order valence-electron chi connectivity index (χ3n) is 8.48. The number of nitrogens with zero attached hydrogens (tertiary/aromatic N) is 7. The third-order valence-corrected chi connectivity index (χ3v) is 8.48. The van der Waals surface area contributed by atoms with Crippen LogP contribution in [0.25, 0.3) is 16.7 Å². The summed E-state index contributed by atoms with van der Waals surface area (Å²) >= 11 is 0. The molecule has 1 unspecified atom stereocenters. The van der Waals surface area contributed by atoms with Crippen molar-refractivity contribution in [3.8, 4) is 11.9 Å². The Balaban J connectivity index is 1.37. The van der Waals surface area contributed by atoms with Crippen LogP contribution in [0.5, 0.6) is 0 Å². The molecule has 3 aliphatic rings. The van der Waals surface area contributed by atoms with Crippen molar-refractivity contribution >= 4 is 16.7 Å². The third kappa shape index (κ3) is 2.58. The second kappa shape index (κ2) is 6.26. The highest BCUT2D eigenvalue weighted by atomic mass is 16.3. The number of hydrogen-bond acceptors (Lipinski definition) is 7. The molecule has 4 heterocycles. The minimum absolute atomic E-state index is 0.124. The van der Waals surface area contributed by atoms with E-state index in [4.69, 9.17) is 0 Å². The normalized spacial score (nSPS) is 32.8. The summed E-state index contributed by atoms with van der Waals surface area (Å²) in [5.41, 5.74) is 0.789. The Kier molecular flexibility index (Phi) is 3.84. The number of rotatable bonds is 3. The number of aromatic nitrogens is 5. The van der Waals surface area contributed by atoms with Crippen molar-refractivity contribution in [2.45, 2.75) is 51.0 Å². The van der Waals surface area contributed by atoms with Gasteiger partial charge >= 0.3 is 0 Å². The van der Waals surface area contributed by atoms with Gasteiger partial charge in [0.15, 0.2) is 5.82 Å². The molecule has 0 bridgehead atoms. The lowest BCUT2D eigenvalue weighted by Crippen LogP contribution is -2.55. The molecule has 1 saturated heterocycles. The quantitative estimate of drug-likeness (QED) is 0.682. The molecule has 1 spiro atoms. The SMILES string of the molecule is C[C@@H]1CN(c2cc(-n3ncc4cnc([C@@]5(C#N)CC56CC6)cc43)ncn2)C[C@H](C)C1(C)O. The fourth-order valence-electron chi connectivity index (χ4n) is 5.54. The zero-order chi connectivity index (χ0) is 22.3. The first kappa shape index (κ1) is 19.6. The Morgan fingerprint density at radius 2 is 1.78 bits per heavy atom. The largest absolute Gasteiger partial charge is 0.389 e. The van der Waals surface area contributed by atoms with Crippen LogP contribution in [0, 0.1) is 28.6 Å². The van der Waals surface area contributed by atoms with Crippen molar-refractivity contribution < 1.29 is 5.11 Å². The summed E-state index contributed by atoms with van der Waals surface area (Å²) in [5.74, 6) is 1.76. The maximum Gasteiger partial charge on any atom is 0.159 e. The average Bonchev–Trinajstić information content (AvgIpc) is 3.66. The van der Waals surface area contributed by atoms with Gasteiger partial charge in [-0.25, -0.2) is 14.6 Å². The first-order chi connectivity index (χ1) is 15.3. The summed E-state index contributed by atoms with van der Waals surface area (Å²) in [4.78, 5) is 15.9. The van der Waals surface area contributed by atoms with Crippen LogP contribution in [0.2, 0.25) is 0 Å². The second-order valence-electron chi connectivity index (χ2n) is 10.3. The number of hydrogen-bond donors (Lipinski definition) is 1. The molecule has 3 aromatic rings. The molecule has 0 aromatic carbocycles. The van der Waals surface area contributed by atoms with Crippen molar-refractivity contribution in [2.75, 3.05) is 18.0 Å². The van der Waals surface area contributed by atoms with Crippen LogP contribution >= 0.6 is 0 Å². The van der Waals surface area contributed by atoms with Gasteiger partial charge in [-0.1, -0.05) is 13.8 Å². The summed E-state index contributed by atoms with van der Waals surface area (Å²) in [7, 11) is 0. The van der Waals surface area contributed by atoms with E-state index in [1.807, 2.05) is 29.9 Å². The predicted molar refractivity (Wildman–Crippen MR) is 119 cm³/mol. The van der Waals surface area contributed by atoms with E-state index in [1.54, 1.807) is 12.5 Å². The fourth-order valence-corrected chi connectivity index (χ4v) is 5.54. The molecule has 2 aliphatic carbocycles. The Labute approximate surface area is 186 Å². The second-order valence-corrected chi connectivity index (χ2v) is 10.3. The van der Waals surface area contributed by atoms with Gasteiger partial charge in [0.2, 0.25) is 0 Å². The van der Waals surface area contributed by atoms with E-state index < -0.39 is 11.0 Å². The van der Waals surface area contributed by atoms with E-state index >= 15 is 0 Å². The van der Waals surface area contributed by atoms with Gasteiger partial charge in [-0.15, -0.1) is 0 Å². The number of piperidine rings is 1. The molecule has 8 nitrogen and oxygen atoms in total. The van der Waals surface area contributed by atoms with Crippen molar-refractivity contribution in [3.05, 3.63) is 36.5 Å². The summed E-state index contributed by atoms with van der Waals surface area (Å²) in [6, 6.07) is 6.53. The molecular formula is C24H27N7O. The Hall–Kier alpha value is -3.05.